The number of hydrogen-bond acceptors (Lipinski definition) is 12. The topological polar surface area (TPSA) is 337 Å². The fourth-order valence-electron chi connectivity index (χ4n) is 12.7. The summed E-state index contributed by atoms with van der Waals surface area (Å²) in [6.45, 7) is 0.0412. The molecule has 9 aromatic carbocycles. The number of anilines is 3. The zero-order chi connectivity index (χ0) is 75.7. The lowest BCUT2D eigenvalue weighted by Crippen LogP contribution is -2.46. The van der Waals surface area contributed by atoms with E-state index in [0.717, 1.165) is 82.8 Å². The molecule has 0 radical (unpaired) electrons. The highest BCUT2D eigenvalue weighted by Crippen LogP contribution is 2.35. The average molecular weight is 1460 g/mol. The Balaban J connectivity index is 0.775. The van der Waals surface area contributed by atoms with Gasteiger partial charge < -0.3 is 77.0 Å². The van der Waals surface area contributed by atoms with Crippen molar-refractivity contribution in [1.82, 2.24) is 46.9 Å². The van der Waals surface area contributed by atoms with E-state index in [9.17, 15) is 43.2 Å². The minimum atomic E-state index is -1.11. The molecule has 3 atom stereocenters. The quantitative estimate of drug-likeness (QED) is 0.0135. The summed E-state index contributed by atoms with van der Waals surface area (Å²) in [5.74, 6) is -3.45. The second-order valence-electron chi connectivity index (χ2n) is 26.1. The average Bonchev–Trinajstić information content (AvgIpc) is 1.80. The number of para-hydroxylation sites is 3. The van der Waals surface area contributed by atoms with Crippen molar-refractivity contribution >= 4 is 103 Å². The van der Waals surface area contributed by atoms with Gasteiger partial charge in [0.15, 0.2) is 0 Å². The number of hydrogen-bond donors (Lipinski definition) is 12. The third kappa shape index (κ3) is 21.5. The highest BCUT2D eigenvalue weighted by atomic mass is 16.6. The molecule has 0 aliphatic carbocycles. The Bertz CT molecular complexity index is 4600. The molecule has 9 amide bonds. The number of H-pyrrole nitrogens is 3. The molecule has 24 heteroatoms. The molecule has 12 aromatic rings. The number of fused-ring (bicyclic) bond motifs is 3. The molecular weight excluding hydrogens is 1380 g/mol. The third-order valence-corrected chi connectivity index (χ3v) is 18.3. The molecule has 3 heterocycles. The van der Waals surface area contributed by atoms with Gasteiger partial charge in [-0.15, -0.1) is 0 Å². The number of nitrogens with one attached hydrogen (secondary N) is 12. The zero-order valence-electron chi connectivity index (χ0n) is 59.4. The number of amides is 9. The summed E-state index contributed by atoms with van der Waals surface area (Å²) in [5.41, 5.74) is 10.5. The summed E-state index contributed by atoms with van der Waals surface area (Å²) in [5, 5.41) is 28.2. The summed E-state index contributed by atoms with van der Waals surface area (Å²) < 4.78 is 16.3. The van der Waals surface area contributed by atoms with Crippen LogP contribution < -0.4 is 47.9 Å². The van der Waals surface area contributed by atoms with E-state index in [1.54, 1.807) is 55.0 Å². The second-order valence-corrected chi connectivity index (χ2v) is 26.1. The molecular formula is C85H82N12O12. The van der Waals surface area contributed by atoms with Gasteiger partial charge in [-0.25, -0.2) is 14.4 Å². The lowest BCUT2D eigenvalue weighted by atomic mass is 9.85. The van der Waals surface area contributed by atoms with Gasteiger partial charge in [0.2, 0.25) is 35.4 Å². The van der Waals surface area contributed by atoms with Crippen LogP contribution in [0.15, 0.2) is 255 Å². The van der Waals surface area contributed by atoms with Crippen LogP contribution in [0.2, 0.25) is 0 Å². The summed E-state index contributed by atoms with van der Waals surface area (Å²) in [6.07, 6.45) is 3.11. The van der Waals surface area contributed by atoms with Gasteiger partial charge in [-0.3, -0.25) is 28.8 Å². The van der Waals surface area contributed by atoms with Gasteiger partial charge in [0, 0.05) is 93.9 Å². The summed E-state index contributed by atoms with van der Waals surface area (Å²) in [7, 11) is 0. The van der Waals surface area contributed by atoms with Crippen LogP contribution in [-0.4, -0.2) is 106 Å². The Kier molecular flexibility index (Phi) is 25.6. The number of alkyl carbamates (subject to hydrolysis) is 3. The van der Waals surface area contributed by atoms with E-state index in [4.69, 9.17) is 14.2 Å². The van der Waals surface area contributed by atoms with E-state index in [1.807, 2.05) is 200 Å². The molecule has 12 rings (SSSR count). The van der Waals surface area contributed by atoms with Crippen LogP contribution in [0, 0.1) is 0 Å². The smallest absolute Gasteiger partial charge is 0.407 e. The number of aromatic amines is 3. The molecule has 0 aliphatic rings. The zero-order valence-corrected chi connectivity index (χ0v) is 59.4. The normalized spacial score (nSPS) is 11.9. The predicted molar refractivity (Wildman–Crippen MR) is 416 cm³/mol. The van der Waals surface area contributed by atoms with E-state index in [-0.39, 0.29) is 78.0 Å². The SMILES string of the molecule is O=C(Cc1c[nH]c2ccccc12)N[C@@H](CCNC(=O)OCc1ccccc1)C(=O)Nc1ccc(C(c2ccc(NC(=O)[C@H](CCNC(=O)OCc3ccccc3)NC(=O)Cc3c[nH]c4ccccc34)cc2)c2ccc(NC(=O)[C@H](CCNC(=O)OCc3ccccc3)NC(=O)Cc3c[nH]c4ccccc34)cc2)cc1. The van der Waals surface area contributed by atoms with Crippen molar-refractivity contribution in [2.45, 2.75) is 82.4 Å². The number of aromatic nitrogens is 3. The van der Waals surface area contributed by atoms with Crippen LogP contribution in [0.4, 0.5) is 31.4 Å². The minimum absolute atomic E-state index is 0.00752. The van der Waals surface area contributed by atoms with Crippen molar-refractivity contribution in [2.75, 3.05) is 35.6 Å². The molecule has 24 nitrogen and oxygen atoms in total. The van der Waals surface area contributed by atoms with Gasteiger partial charge in [-0.2, -0.15) is 0 Å². The number of carbonyl (C=O) groups excluding carboxylic acids is 9. The van der Waals surface area contributed by atoms with Gasteiger partial charge in [0.1, 0.15) is 37.9 Å². The molecule has 0 saturated carbocycles. The maximum atomic E-state index is 14.4. The highest BCUT2D eigenvalue weighted by Gasteiger charge is 2.27. The Hall–Kier alpha value is -13.8. The van der Waals surface area contributed by atoms with Crippen molar-refractivity contribution < 1.29 is 57.4 Å². The molecule has 0 fully saturated rings. The Labute approximate surface area is 627 Å². The molecule has 0 unspecified atom stereocenters. The van der Waals surface area contributed by atoms with Crippen LogP contribution in [-0.2, 0) is 82.1 Å². The van der Waals surface area contributed by atoms with Crippen molar-refractivity contribution in [3.05, 3.63) is 305 Å². The van der Waals surface area contributed by atoms with Crippen LogP contribution in [0.25, 0.3) is 32.7 Å². The molecule has 0 saturated heterocycles. The number of benzene rings is 9. The molecule has 0 spiro atoms. The molecule has 554 valence electrons. The van der Waals surface area contributed by atoms with Crippen LogP contribution >= 0.6 is 0 Å². The Morgan fingerprint density at radius 1 is 0.303 bits per heavy atom. The maximum absolute atomic E-state index is 14.4. The first-order chi connectivity index (χ1) is 53.2. The van der Waals surface area contributed by atoms with Gasteiger partial charge >= 0.3 is 18.3 Å². The van der Waals surface area contributed by atoms with Crippen LogP contribution in [0.1, 0.15) is 75.3 Å². The molecule has 0 bridgehead atoms. The van der Waals surface area contributed by atoms with Crippen molar-refractivity contribution in [3.8, 4) is 0 Å². The maximum Gasteiger partial charge on any atom is 0.407 e. The monoisotopic (exact) mass is 1460 g/mol. The minimum Gasteiger partial charge on any atom is -0.445 e. The summed E-state index contributed by atoms with van der Waals surface area (Å²) in [4.78, 5) is 133. The second kappa shape index (κ2) is 37.3. The molecule has 0 aliphatic heterocycles. The fourth-order valence-corrected chi connectivity index (χ4v) is 12.7. The van der Waals surface area contributed by atoms with Crippen molar-refractivity contribution in [1.29, 1.82) is 0 Å². The Morgan fingerprint density at radius 3 is 0.835 bits per heavy atom. The van der Waals surface area contributed by atoms with Crippen molar-refractivity contribution in [2.24, 2.45) is 0 Å². The number of rotatable bonds is 33. The van der Waals surface area contributed by atoms with Gasteiger partial charge in [0.25, 0.3) is 0 Å². The lowest BCUT2D eigenvalue weighted by Gasteiger charge is -2.22. The molecule has 12 N–H and O–H groups in total. The fraction of sp³-hybridized carbons (Fsp3) is 0.188. The standard InChI is InChI=1S/C85H82N12O12/c98-76(46-61-49-89-70-25-13-10-22-67(61)70)95-73(40-43-86-83(104)107-52-55-16-4-1-5-17-55)80(101)92-64-34-28-58(29-35-64)79(59-30-36-65(37-31-59)93-81(102)74(41-44-87-84(105)108-53-56-18-6-2-7-19-56)96-77(99)47-62-50-90-71-26-14-11-23-68(62)71)60-32-38-66(39-33-60)94-82(103)75(42-45-88-85(106)109-54-57-20-8-3-9-21-57)97-78(100)48-63-51-91-72-27-15-12-24-69(63)72/h1-39,49-51,73-75,79,89-91H,40-48,52-54H2,(H,86,104)(H,87,105)(H,88,106)(H,92,101)(H,93,102)(H,94,103)(H,95,98)(H,96,99)(H,97,100)/t73-,74-,75-/m0/s1. The van der Waals surface area contributed by atoms with E-state index in [1.165, 1.54) is 0 Å². The lowest BCUT2D eigenvalue weighted by molar-refractivity contribution is -0.126. The molecule has 3 aromatic heterocycles. The first-order valence-electron chi connectivity index (χ1n) is 35.8. The van der Waals surface area contributed by atoms with E-state index < -0.39 is 77.8 Å². The number of ether oxygens (including phenoxy) is 3. The highest BCUT2D eigenvalue weighted by molar-refractivity contribution is 6.01. The van der Waals surface area contributed by atoms with Gasteiger partial charge in [-0.1, -0.05) is 182 Å². The van der Waals surface area contributed by atoms with Gasteiger partial charge in [0.05, 0.1) is 19.3 Å². The Morgan fingerprint density at radius 2 is 0.560 bits per heavy atom. The summed E-state index contributed by atoms with van der Waals surface area (Å²) >= 11 is 0. The predicted octanol–water partition coefficient (Wildman–Crippen LogP) is 12.3. The van der Waals surface area contributed by atoms with E-state index in [0.29, 0.717) is 17.1 Å². The van der Waals surface area contributed by atoms with Crippen LogP contribution in [0.3, 0.4) is 0 Å². The van der Waals surface area contributed by atoms with E-state index in [2.05, 4.69) is 62.8 Å². The third-order valence-electron chi connectivity index (χ3n) is 18.3. The largest absolute Gasteiger partial charge is 0.445 e. The summed E-state index contributed by atoms with van der Waals surface area (Å²) in [6, 6.07) is 68.3. The first-order valence-corrected chi connectivity index (χ1v) is 35.8. The molecule has 109 heavy (non-hydrogen) atoms. The number of carbonyl (C=O) groups is 9. The first kappa shape index (κ1) is 74.9. The van der Waals surface area contributed by atoms with Gasteiger partial charge in [-0.05, 0) is 124 Å². The van der Waals surface area contributed by atoms with E-state index >= 15 is 0 Å². The van der Waals surface area contributed by atoms with Crippen molar-refractivity contribution in [3.63, 3.8) is 0 Å². The van der Waals surface area contributed by atoms with Crippen LogP contribution in [0.5, 0.6) is 0 Å².